The maximum atomic E-state index is 14.2. The van der Waals surface area contributed by atoms with Gasteiger partial charge >= 0.3 is 5.97 Å². The number of aliphatic hydroxyl groups is 2. The first-order valence-corrected chi connectivity index (χ1v) is 22.0. The van der Waals surface area contributed by atoms with Crippen molar-refractivity contribution in [2.75, 3.05) is 17.7 Å². The molecule has 13 heteroatoms. The molecule has 10 rings (SSSR count). The van der Waals surface area contributed by atoms with Crippen LogP contribution in [-0.4, -0.2) is 60.7 Å². The molecule has 8 unspecified atom stereocenters. The van der Waals surface area contributed by atoms with Gasteiger partial charge in [-0.25, -0.2) is 14.8 Å². The summed E-state index contributed by atoms with van der Waals surface area (Å²) in [6.45, 7) is 6.52. The highest BCUT2D eigenvalue weighted by molar-refractivity contribution is 5.92. The van der Waals surface area contributed by atoms with E-state index in [4.69, 9.17) is 29.6 Å². The number of aryl methyl sites for hydroxylation is 1. The van der Waals surface area contributed by atoms with Crippen molar-refractivity contribution < 1.29 is 39.1 Å². The van der Waals surface area contributed by atoms with Crippen LogP contribution in [0.5, 0.6) is 17.2 Å². The Morgan fingerprint density at radius 3 is 2.65 bits per heavy atom. The Hall–Kier alpha value is -6.18. The fourth-order valence-electron chi connectivity index (χ4n) is 11.7. The van der Waals surface area contributed by atoms with E-state index in [0.29, 0.717) is 54.6 Å². The molecule has 0 spiro atoms. The molecule has 5 aliphatic rings. The maximum Gasteiger partial charge on any atom is 0.333 e. The fourth-order valence-corrected chi connectivity index (χ4v) is 11.7. The molecule has 63 heavy (non-hydrogen) atoms. The van der Waals surface area contributed by atoms with Crippen LogP contribution in [0.15, 0.2) is 69.7 Å². The lowest BCUT2D eigenvalue weighted by Gasteiger charge is -2.51. The highest BCUT2D eigenvalue weighted by atomic mass is 16.6. The number of hydrogen-bond donors (Lipinski definition) is 6. The Morgan fingerprint density at radius 2 is 1.87 bits per heavy atom. The number of nitrogens with zero attached hydrogens (tertiary/aromatic N) is 2. The number of aliphatic hydroxyl groups excluding tert-OH is 2. The van der Waals surface area contributed by atoms with Gasteiger partial charge in [0.25, 0.3) is 0 Å². The van der Waals surface area contributed by atoms with Gasteiger partial charge in [0.1, 0.15) is 63.9 Å². The molecule has 0 radical (unpaired) electrons. The normalized spacial score (nSPS) is 26.8. The zero-order chi connectivity index (χ0) is 44.1. The highest BCUT2D eigenvalue weighted by Gasteiger charge is 2.57. The van der Waals surface area contributed by atoms with Crippen LogP contribution in [0, 0.1) is 11.8 Å². The third-order valence-electron chi connectivity index (χ3n) is 14.9. The summed E-state index contributed by atoms with van der Waals surface area (Å²) in [5.41, 5.74) is 12.7. The van der Waals surface area contributed by atoms with Gasteiger partial charge in [0.2, 0.25) is 0 Å². The molecule has 0 amide bonds. The average Bonchev–Trinajstić information content (AvgIpc) is 3.44. The predicted molar refractivity (Wildman–Crippen MR) is 237 cm³/mol. The number of hydrogen-bond acceptors (Lipinski definition) is 13. The molecule has 0 fully saturated rings. The van der Waals surface area contributed by atoms with E-state index in [0.717, 1.165) is 39.7 Å². The van der Waals surface area contributed by atoms with Gasteiger partial charge in [0, 0.05) is 76.5 Å². The molecular weight excluding hydrogens is 801 g/mol. The quantitative estimate of drug-likeness (QED) is 0.0809. The summed E-state index contributed by atoms with van der Waals surface area (Å²) in [5.74, 6) is -2.01. The summed E-state index contributed by atoms with van der Waals surface area (Å²) in [5, 5.41) is 49.1. The van der Waals surface area contributed by atoms with Gasteiger partial charge in [0.15, 0.2) is 5.43 Å². The van der Waals surface area contributed by atoms with Crippen molar-refractivity contribution in [3.05, 3.63) is 127 Å². The Labute approximate surface area is 364 Å². The number of carbonyl (C=O) groups excluding carboxylic acids is 1. The van der Waals surface area contributed by atoms with E-state index >= 15 is 0 Å². The molecule has 7 N–H and O–H groups in total. The topological polar surface area (TPSA) is 210 Å². The second kappa shape index (κ2) is 15.3. The van der Waals surface area contributed by atoms with E-state index in [1.54, 1.807) is 38.3 Å². The number of phenolic OH excluding ortho intramolecular Hbond substituents is 2. The lowest BCUT2D eigenvalue weighted by molar-refractivity contribution is -0.168. The fraction of sp³-hybridized carbons (Fsp3) is 0.400. The number of fused-ring (bicyclic) bond motifs is 11. The number of rotatable bonds is 4. The smallest absolute Gasteiger partial charge is 0.333 e. The lowest BCUT2D eigenvalue weighted by atomic mass is 9.62. The standard InChI is InChI=1S/C50H52N4O9/c1-5-23(2)49(60)62-39-19-35-44(59)42-38(58)18-28(21-55)61-46(42)43-40-33-14-15-52-47(51)41(33)31(11-8-25-7-9-27(57)17-34(25)36(40)22-56)30-13-12-29-26(16-37(30)50(39,4)63-45(35)43)20-53-48-32(29)10-6-24(3)54-48/h5-7,9-10,14-15,17-18,20,24,30-31,36-37,39-40,55-57,59H,8,11-13,16,19,21-22H2,1-4H3,(H2,51,52)(H,53,54). The van der Waals surface area contributed by atoms with Crippen LogP contribution in [-0.2, 0) is 41.8 Å². The predicted octanol–water partition coefficient (Wildman–Crippen LogP) is 6.84. The van der Waals surface area contributed by atoms with Crippen LogP contribution in [0.25, 0.3) is 17.0 Å². The van der Waals surface area contributed by atoms with Crippen molar-refractivity contribution in [2.45, 2.75) is 108 Å². The van der Waals surface area contributed by atoms with E-state index in [-0.39, 0.29) is 69.8 Å². The van der Waals surface area contributed by atoms with E-state index in [9.17, 15) is 30.0 Å². The number of benzene rings is 2. The second-order valence-corrected chi connectivity index (χ2v) is 18.2. The van der Waals surface area contributed by atoms with Gasteiger partial charge in [-0.3, -0.25) is 4.79 Å². The number of nitrogen functional groups attached to an aromatic ring is 1. The van der Waals surface area contributed by atoms with E-state index in [2.05, 4.69) is 24.4 Å². The Balaban J connectivity index is 1.36. The summed E-state index contributed by atoms with van der Waals surface area (Å²) in [7, 11) is 0. The number of nitrogens with two attached hydrogens (primary N) is 1. The Kier molecular flexibility index (Phi) is 9.90. The number of anilines is 2. The Bertz CT molecular complexity index is 2850. The van der Waals surface area contributed by atoms with Crippen LogP contribution in [0.4, 0.5) is 11.6 Å². The van der Waals surface area contributed by atoms with E-state index < -0.39 is 48.2 Å². The molecule has 2 aromatic carbocycles. The number of allylic oxidation sites excluding steroid dienone is 1. The van der Waals surface area contributed by atoms with E-state index in [1.807, 2.05) is 25.3 Å². The summed E-state index contributed by atoms with van der Waals surface area (Å²) in [4.78, 5) is 37.9. The number of aromatic nitrogens is 2. The summed E-state index contributed by atoms with van der Waals surface area (Å²) in [6, 6.07) is 8.43. The van der Waals surface area contributed by atoms with Crippen molar-refractivity contribution in [1.29, 1.82) is 0 Å². The largest absolute Gasteiger partial charge is 0.508 e. The second-order valence-electron chi connectivity index (χ2n) is 18.2. The number of phenols is 2. The number of aromatic hydroxyl groups is 2. The number of carbonyl (C=O) groups is 1. The van der Waals surface area contributed by atoms with Gasteiger partial charge in [-0.05, 0) is 118 Å². The zero-order valence-corrected chi connectivity index (χ0v) is 35.8. The number of nitrogens with one attached hydrogen (secondary N) is 1. The SMILES string of the molecule is CC=C(C)C(=O)OC1Cc2c3c(c4oc(CO)cc(=O)c4c2O)C2c4ccnc(N)c4C(CCc4ccc(O)cc4C2CO)C2CCc4c(cnc5c4C=CC(C)N5)CC2C1(C)O3. The maximum absolute atomic E-state index is 14.2. The monoisotopic (exact) mass is 852 g/mol. The average molecular weight is 853 g/mol. The van der Waals surface area contributed by atoms with Crippen LogP contribution in [0.3, 0.4) is 0 Å². The molecule has 0 saturated heterocycles. The van der Waals surface area contributed by atoms with Crippen LogP contribution in [0.1, 0.15) is 114 Å². The third kappa shape index (κ3) is 6.33. The van der Waals surface area contributed by atoms with Gasteiger partial charge in [-0.15, -0.1) is 0 Å². The number of esters is 1. The van der Waals surface area contributed by atoms with Gasteiger partial charge < -0.3 is 45.4 Å². The molecule has 4 bridgehead atoms. The van der Waals surface area contributed by atoms with Gasteiger partial charge in [-0.2, -0.15) is 0 Å². The van der Waals surface area contributed by atoms with Crippen molar-refractivity contribution >= 4 is 34.7 Å². The zero-order valence-electron chi connectivity index (χ0n) is 35.8. The summed E-state index contributed by atoms with van der Waals surface area (Å²) in [6.07, 6.45) is 11.7. The van der Waals surface area contributed by atoms with Crippen molar-refractivity contribution in [3.63, 3.8) is 0 Å². The molecule has 2 aliphatic carbocycles. The minimum absolute atomic E-state index is 0.0136. The molecule has 6 heterocycles. The Morgan fingerprint density at radius 1 is 1.05 bits per heavy atom. The van der Waals surface area contributed by atoms with Gasteiger partial charge in [0.05, 0.1) is 6.61 Å². The molecule has 3 aromatic heterocycles. The number of ether oxygens (including phenoxy) is 2. The van der Waals surface area contributed by atoms with Crippen molar-refractivity contribution in [1.82, 2.24) is 9.97 Å². The van der Waals surface area contributed by atoms with Crippen LogP contribution >= 0.6 is 0 Å². The molecule has 326 valence electrons. The molecule has 0 saturated carbocycles. The summed E-state index contributed by atoms with van der Waals surface area (Å²) >= 11 is 0. The lowest BCUT2D eigenvalue weighted by Crippen LogP contribution is -2.59. The first-order valence-electron chi connectivity index (χ1n) is 22.0. The van der Waals surface area contributed by atoms with Crippen molar-refractivity contribution in [3.8, 4) is 17.2 Å². The minimum atomic E-state index is -1.30. The molecular formula is C50H52N4O9. The summed E-state index contributed by atoms with van der Waals surface area (Å²) < 4.78 is 20.6. The minimum Gasteiger partial charge on any atom is -0.508 e. The first kappa shape index (κ1) is 40.9. The molecule has 5 aromatic rings. The van der Waals surface area contributed by atoms with Gasteiger partial charge in [-0.1, -0.05) is 24.3 Å². The molecule has 8 atom stereocenters. The van der Waals surface area contributed by atoms with E-state index in [1.165, 1.54) is 5.56 Å². The highest BCUT2D eigenvalue weighted by Crippen LogP contribution is 2.60. The molecule has 13 nitrogen and oxygen atoms in total. The van der Waals surface area contributed by atoms with Crippen LogP contribution in [0.2, 0.25) is 0 Å². The third-order valence-corrected chi connectivity index (χ3v) is 14.9. The van der Waals surface area contributed by atoms with Crippen LogP contribution < -0.4 is 21.2 Å². The first-order chi connectivity index (χ1) is 30.3. The van der Waals surface area contributed by atoms with Crippen molar-refractivity contribution in [2.24, 2.45) is 11.8 Å². The number of pyridine rings is 2. The molecule has 3 aliphatic heterocycles.